The third kappa shape index (κ3) is 3.76. The zero-order chi connectivity index (χ0) is 17.1. The molecule has 3 aromatic rings. The van der Waals surface area contributed by atoms with Gasteiger partial charge in [0.2, 0.25) is 5.91 Å². The number of para-hydroxylation sites is 1. The van der Waals surface area contributed by atoms with E-state index < -0.39 is 0 Å². The maximum atomic E-state index is 12.3. The summed E-state index contributed by atoms with van der Waals surface area (Å²) in [5.74, 6) is 0.0123. The molecule has 0 fully saturated rings. The Labute approximate surface area is 153 Å². The summed E-state index contributed by atoms with van der Waals surface area (Å²) in [6.45, 7) is 4.51. The summed E-state index contributed by atoms with van der Waals surface area (Å²) >= 11 is 5.06. The molecule has 0 bridgehead atoms. The lowest BCUT2D eigenvalue weighted by molar-refractivity contribution is -0.120. The van der Waals surface area contributed by atoms with E-state index in [1.807, 2.05) is 61.0 Å². The molecule has 0 aliphatic carbocycles. The molecule has 0 saturated carbocycles. The van der Waals surface area contributed by atoms with E-state index in [0.29, 0.717) is 13.0 Å². The van der Waals surface area contributed by atoms with E-state index >= 15 is 0 Å². The number of amides is 1. The second kappa shape index (κ2) is 7.32. The third-order valence-electron chi connectivity index (χ3n) is 3.87. The van der Waals surface area contributed by atoms with Crippen molar-refractivity contribution in [3.05, 3.63) is 68.1 Å². The molecular formula is C18H18BrN3OS. The van der Waals surface area contributed by atoms with Gasteiger partial charge in [-0.1, -0.05) is 18.2 Å². The van der Waals surface area contributed by atoms with Gasteiger partial charge in [0.15, 0.2) is 0 Å². The van der Waals surface area contributed by atoms with E-state index in [0.717, 1.165) is 31.3 Å². The zero-order valence-corrected chi connectivity index (χ0v) is 15.9. The first-order chi connectivity index (χ1) is 11.5. The monoisotopic (exact) mass is 403 g/mol. The minimum Gasteiger partial charge on any atom is -0.351 e. The first-order valence-electron chi connectivity index (χ1n) is 7.66. The molecule has 1 amide bonds. The van der Waals surface area contributed by atoms with Crippen LogP contribution in [0.5, 0.6) is 0 Å². The number of thiophene rings is 1. The summed E-state index contributed by atoms with van der Waals surface area (Å²) in [5, 5.41) is 7.57. The highest BCUT2D eigenvalue weighted by molar-refractivity contribution is 9.11. The summed E-state index contributed by atoms with van der Waals surface area (Å²) in [7, 11) is 0. The molecule has 0 spiro atoms. The molecule has 3 rings (SSSR count). The van der Waals surface area contributed by atoms with Crippen LogP contribution in [0, 0.1) is 13.8 Å². The van der Waals surface area contributed by atoms with Crippen LogP contribution in [0.15, 0.2) is 46.3 Å². The molecule has 0 atom stereocenters. The van der Waals surface area contributed by atoms with E-state index in [4.69, 9.17) is 0 Å². The van der Waals surface area contributed by atoms with Gasteiger partial charge in [0.1, 0.15) is 0 Å². The minimum absolute atomic E-state index is 0.0123. The first-order valence-corrected chi connectivity index (χ1v) is 9.27. The van der Waals surface area contributed by atoms with Crippen LogP contribution in [-0.4, -0.2) is 15.7 Å². The number of carbonyl (C=O) groups excluding carboxylic acids is 1. The number of nitrogens with zero attached hydrogens (tertiary/aromatic N) is 2. The highest BCUT2D eigenvalue weighted by atomic mass is 79.9. The maximum absolute atomic E-state index is 12.3. The van der Waals surface area contributed by atoms with Crippen molar-refractivity contribution in [1.82, 2.24) is 15.1 Å². The second-order valence-electron chi connectivity index (χ2n) is 5.56. The van der Waals surface area contributed by atoms with Gasteiger partial charge in [0.05, 0.1) is 28.1 Å². The van der Waals surface area contributed by atoms with Gasteiger partial charge in [0.25, 0.3) is 0 Å². The average molecular weight is 404 g/mol. The third-order valence-corrected chi connectivity index (χ3v) is 5.49. The zero-order valence-electron chi connectivity index (χ0n) is 13.5. The molecule has 4 nitrogen and oxygen atoms in total. The van der Waals surface area contributed by atoms with Gasteiger partial charge >= 0.3 is 0 Å². The Morgan fingerprint density at radius 1 is 1.21 bits per heavy atom. The number of aromatic nitrogens is 2. The van der Waals surface area contributed by atoms with Crippen LogP contribution in [0.25, 0.3) is 5.69 Å². The Bertz CT molecular complexity index is 855. The van der Waals surface area contributed by atoms with Crippen molar-refractivity contribution in [1.29, 1.82) is 0 Å². The Morgan fingerprint density at radius 2 is 1.96 bits per heavy atom. The molecule has 1 aromatic carbocycles. The highest BCUT2D eigenvalue weighted by Gasteiger charge is 2.15. The van der Waals surface area contributed by atoms with Crippen molar-refractivity contribution in [3.8, 4) is 5.69 Å². The van der Waals surface area contributed by atoms with Crippen LogP contribution in [-0.2, 0) is 17.8 Å². The lowest BCUT2D eigenvalue weighted by atomic mass is 10.1. The largest absolute Gasteiger partial charge is 0.351 e. The van der Waals surface area contributed by atoms with Gasteiger partial charge in [-0.2, -0.15) is 5.10 Å². The molecule has 2 heterocycles. The predicted octanol–water partition coefficient (Wildman–Crippen LogP) is 4.17. The Balaban J connectivity index is 1.71. The van der Waals surface area contributed by atoms with Crippen LogP contribution in [0.1, 0.15) is 21.8 Å². The molecule has 6 heteroatoms. The van der Waals surface area contributed by atoms with Crippen molar-refractivity contribution in [2.75, 3.05) is 0 Å². The highest BCUT2D eigenvalue weighted by Crippen LogP contribution is 2.22. The number of carbonyl (C=O) groups is 1. The van der Waals surface area contributed by atoms with E-state index in [2.05, 4.69) is 26.3 Å². The van der Waals surface area contributed by atoms with Crippen LogP contribution < -0.4 is 5.32 Å². The van der Waals surface area contributed by atoms with E-state index in [-0.39, 0.29) is 5.91 Å². The molecule has 0 saturated heterocycles. The Kier molecular flexibility index (Phi) is 5.16. The van der Waals surface area contributed by atoms with Gasteiger partial charge in [-0.15, -0.1) is 11.3 Å². The van der Waals surface area contributed by atoms with Gasteiger partial charge in [-0.05, 0) is 54.0 Å². The van der Waals surface area contributed by atoms with Gasteiger partial charge < -0.3 is 5.32 Å². The fourth-order valence-corrected chi connectivity index (χ4v) is 4.03. The fourth-order valence-electron chi connectivity index (χ4n) is 2.61. The number of rotatable bonds is 5. The van der Waals surface area contributed by atoms with E-state index in [1.54, 1.807) is 11.3 Å². The number of halogens is 1. The van der Waals surface area contributed by atoms with Crippen molar-refractivity contribution >= 4 is 33.2 Å². The van der Waals surface area contributed by atoms with Gasteiger partial charge in [0, 0.05) is 16.1 Å². The number of hydrogen-bond acceptors (Lipinski definition) is 3. The van der Waals surface area contributed by atoms with Crippen LogP contribution in [0.3, 0.4) is 0 Å². The maximum Gasteiger partial charge on any atom is 0.224 e. The van der Waals surface area contributed by atoms with Crippen LogP contribution in [0.2, 0.25) is 0 Å². The van der Waals surface area contributed by atoms with Crippen molar-refractivity contribution in [3.63, 3.8) is 0 Å². The molecule has 0 unspecified atom stereocenters. The normalized spacial score (nSPS) is 10.8. The molecule has 0 radical (unpaired) electrons. The lowest BCUT2D eigenvalue weighted by Crippen LogP contribution is -2.24. The molecule has 124 valence electrons. The van der Waals surface area contributed by atoms with Crippen LogP contribution in [0.4, 0.5) is 0 Å². The van der Waals surface area contributed by atoms with E-state index in [1.165, 1.54) is 0 Å². The lowest BCUT2D eigenvalue weighted by Gasteiger charge is -2.06. The SMILES string of the molecule is Cc1nn(-c2ccccc2)c(C)c1CC(=O)NCc1ccc(Br)s1. The summed E-state index contributed by atoms with van der Waals surface area (Å²) in [6, 6.07) is 14.0. The van der Waals surface area contributed by atoms with Gasteiger partial charge in [-0.3, -0.25) is 4.79 Å². The van der Waals surface area contributed by atoms with Crippen molar-refractivity contribution in [2.24, 2.45) is 0 Å². The average Bonchev–Trinajstić information content (AvgIpc) is 3.12. The van der Waals surface area contributed by atoms with Gasteiger partial charge in [-0.25, -0.2) is 4.68 Å². The summed E-state index contributed by atoms with van der Waals surface area (Å²) in [4.78, 5) is 13.4. The van der Waals surface area contributed by atoms with Crippen molar-refractivity contribution < 1.29 is 4.79 Å². The summed E-state index contributed by atoms with van der Waals surface area (Å²) in [6.07, 6.45) is 0.344. The van der Waals surface area contributed by atoms with Crippen molar-refractivity contribution in [2.45, 2.75) is 26.8 Å². The molecule has 24 heavy (non-hydrogen) atoms. The Morgan fingerprint density at radius 3 is 2.62 bits per heavy atom. The second-order valence-corrected chi connectivity index (χ2v) is 8.10. The number of nitrogens with one attached hydrogen (secondary N) is 1. The first kappa shape index (κ1) is 16.9. The summed E-state index contributed by atoms with van der Waals surface area (Å²) < 4.78 is 2.97. The number of benzene rings is 1. The molecule has 1 N–H and O–H groups in total. The topological polar surface area (TPSA) is 46.9 Å². The van der Waals surface area contributed by atoms with E-state index in [9.17, 15) is 4.79 Å². The molecule has 0 aliphatic heterocycles. The molecule has 2 aromatic heterocycles. The molecular weight excluding hydrogens is 386 g/mol. The number of hydrogen-bond donors (Lipinski definition) is 1. The predicted molar refractivity (Wildman–Crippen MR) is 101 cm³/mol. The summed E-state index contributed by atoms with van der Waals surface area (Å²) in [5.41, 5.74) is 3.90. The minimum atomic E-state index is 0.0123. The molecule has 0 aliphatic rings. The smallest absolute Gasteiger partial charge is 0.224 e. The number of aryl methyl sites for hydroxylation is 1. The fraction of sp³-hybridized carbons (Fsp3) is 0.222. The van der Waals surface area contributed by atoms with Crippen LogP contribution >= 0.6 is 27.3 Å². The quantitative estimate of drug-likeness (QED) is 0.694. The Hall–Kier alpha value is -1.92. The standard InChI is InChI=1S/C18H18BrN3OS/c1-12-16(10-18(23)20-11-15-8-9-17(19)24-15)13(2)22(21-12)14-6-4-3-5-7-14/h3-9H,10-11H2,1-2H3,(H,20,23).